The van der Waals surface area contributed by atoms with Crippen LogP contribution in [0.4, 0.5) is 5.69 Å². The summed E-state index contributed by atoms with van der Waals surface area (Å²) >= 11 is 2.17. The van der Waals surface area contributed by atoms with E-state index >= 15 is 0 Å². The fraction of sp³-hybridized carbons (Fsp3) is 0.143. The molecule has 2 aromatic carbocycles. The molecule has 1 heterocycles. The Morgan fingerprint density at radius 3 is 2.33 bits per heavy atom. The third-order valence-corrected chi connectivity index (χ3v) is 3.58. The van der Waals surface area contributed by atoms with Crippen molar-refractivity contribution in [2.75, 3.05) is 13.2 Å². The van der Waals surface area contributed by atoms with E-state index in [9.17, 15) is 10.1 Å². The number of nitrogens with zero attached hydrogens (tertiary/aromatic N) is 1. The predicted molar refractivity (Wildman–Crippen MR) is 83.3 cm³/mol. The van der Waals surface area contributed by atoms with Gasteiger partial charge in [-0.3, -0.25) is 10.1 Å². The van der Waals surface area contributed by atoms with E-state index in [-0.39, 0.29) is 11.4 Å². The normalized spacial score (nSPS) is 12.8. The summed E-state index contributed by atoms with van der Waals surface area (Å²) in [5.74, 6) is 1.47. The Balaban J connectivity index is 1.99. The smallest absolute Gasteiger partial charge is 0.315 e. The molecule has 0 spiro atoms. The summed E-state index contributed by atoms with van der Waals surface area (Å²) in [7, 11) is 0. The van der Waals surface area contributed by atoms with E-state index < -0.39 is 4.92 Å². The molecule has 0 N–H and O–H groups in total. The lowest BCUT2D eigenvalue weighted by molar-refractivity contribution is -0.385. The molecule has 0 aromatic heterocycles. The number of halogens is 1. The van der Waals surface area contributed by atoms with Gasteiger partial charge in [0.05, 0.1) is 11.0 Å². The number of hydrogen-bond donors (Lipinski definition) is 0. The Kier molecular flexibility index (Phi) is 3.82. The molecule has 0 radical (unpaired) electrons. The van der Waals surface area contributed by atoms with Crippen LogP contribution in [-0.2, 0) is 0 Å². The quantitative estimate of drug-likeness (QED) is 0.447. The Bertz CT molecular complexity index is 687. The van der Waals surface area contributed by atoms with Gasteiger partial charge in [0.1, 0.15) is 19.0 Å². The lowest BCUT2D eigenvalue weighted by Crippen LogP contribution is -2.15. The summed E-state index contributed by atoms with van der Waals surface area (Å²) in [5, 5.41) is 11.2. The average molecular weight is 399 g/mol. The minimum Gasteiger partial charge on any atom is -0.486 e. The fourth-order valence-corrected chi connectivity index (χ4v) is 2.27. The highest BCUT2D eigenvalue weighted by atomic mass is 127. The fourth-order valence-electron chi connectivity index (χ4n) is 1.91. The van der Waals surface area contributed by atoms with Crippen molar-refractivity contribution in [2.45, 2.75) is 0 Å². The first-order valence-electron chi connectivity index (χ1n) is 6.15. The van der Waals surface area contributed by atoms with E-state index in [1.165, 1.54) is 12.1 Å². The first-order valence-corrected chi connectivity index (χ1v) is 7.23. The molecule has 0 atom stereocenters. The number of benzene rings is 2. The van der Waals surface area contributed by atoms with E-state index in [4.69, 9.17) is 14.2 Å². The summed E-state index contributed by atoms with van der Waals surface area (Å²) in [6.07, 6.45) is 0. The van der Waals surface area contributed by atoms with Crippen LogP contribution in [0, 0.1) is 13.7 Å². The van der Waals surface area contributed by atoms with E-state index in [2.05, 4.69) is 22.6 Å². The number of rotatable bonds is 3. The van der Waals surface area contributed by atoms with E-state index in [0.29, 0.717) is 30.5 Å². The molecular weight excluding hydrogens is 389 g/mol. The monoisotopic (exact) mass is 399 g/mol. The van der Waals surface area contributed by atoms with Crippen molar-refractivity contribution in [1.82, 2.24) is 0 Å². The summed E-state index contributed by atoms with van der Waals surface area (Å²) in [4.78, 5) is 10.7. The average Bonchev–Trinajstić information content (AvgIpc) is 2.48. The maximum Gasteiger partial charge on any atom is 0.315 e. The zero-order valence-corrected chi connectivity index (χ0v) is 12.9. The molecule has 7 heteroatoms. The number of hydrogen-bond acceptors (Lipinski definition) is 5. The highest BCUT2D eigenvalue weighted by Crippen LogP contribution is 2.42. The third kappa shape index (κ3) is 3.02. The Labute approximate surface area is 133 Å². The molecule has 1 aliphatic rings. The molecule has 0 saturated heterocycles. The number of ether oxygens (including phenoxy) is 3. The van der Waals surface area contributed by atoms with Crippen molar-refractivity contribution >= 4 is 28.3 Å². The van der Waals surface area contributed by atoms with Crippen LogP contribution in [0.2, 0.25) is 0 Å². The molecule has 0 bridgehead atoms. The van der Waals surface area contributed by atoms with Crippen LogP contribution in [-0.4, -0.2) is 18.1 Å². The van der Waals surface area contributed by atoms with Gasteiger partial charge in [0.25, 0.3) is 0 Å². The molecule has 3 rings (SSSR count). The highest BCUT2D eigenvalue weighted by Gasteiger charge is 2.23. The van der Waals surface area contributed by atoms with Gasteiger partial charge in [0, 0.05) is 9.64 Å². The second kappa shape index (κ2) is 5.76. The Morgan fingerprint density at radius 2 is 1.71 bits per heavy atom. The van der Waals surface area contributed by atoms with Crippen LogP contribution in [0.1, 0.15) is 0 Å². The molecule has 21 heavy (non-hydrogen) atoms. The van der Waals surface area contributed by atoms with Gasteiger partial charge in [0.2, 0.25) is 5.75 Å². The van der Waals surface area contributed by atoms with E-state index in [1.807, 2.05) is 12.1 Å². The first-order chi connectivity index (χ1) is 10.1. The topological polar surface area (TPSA) is 70.8 Å². The molecule has 0 saturated carbocycles. The van der Waals surface area contributed by atoms with Crippen LogP contribution < -0.4 is 14.2 Å². The van der Waals surface area contributed by atoms with Gasteiger partial charge in [-0.05, 0) is 46.9 Å². The minimum absolute atomic E-state index is 0.130. The van der Waals surface area contributed by atoms with Crippen molar-refractivity contribution in [3.05, 3.63) is 50.1 Å². The maximum atomic E-state index is 11.2. The van der Waals surface area contributed by atoms with Gasteiger partial charge >= 0.3 is 5.69 Å². The SMILES string of the molecule is O=[N+]([O-])c1cc2c(cc1Oc1ccc(I)cc1)OCCO2. The molecule has 108 valence electrons. The molecule has 0 amide bonds. The van der Waals surface area contributed by atoms with Gasteiger partial charge in [-0.2, -0.15) is 0 Å². The molecule has 0 aliphatic carbocycles. The van der Waals surface area contributed by atoms with Crippen molar-refractivity contribution in [3.8, 4) is 23.0 Å². The molecule has 6 nitrogen and oxygen atoms in total. The van der Waals surface area contributed by atoms with Crippen molar-refractivity contribution < 1.29 is 19.1 Å². The molecule has 0 unspecified atom stereocenters. The van der Waals surface area contributed by atoms with E-state index in [0.717, 1.165) is 3.57 Å². The lowest BCUT2D eigenvalue weighted by Gasteiger charge is -2.19. The maximum absolute atomic E-state index is 11.2. The van der Waals surface area contributed by atoms with Gasteiger partial charge < -0.3 is 14.2 Å². The molecule has 2 aromatic rings. The number of nitro benzene ring substituents is 1. The van der Waals surface area contributed by atoms with Crippen LogP contribution in [0.15, 0.2) is 36.4 Å². The first kappa shape index (κ1) is 13.9. The summed E-state index contributed by atoms with van der Waals surface area (Å²) in [6.45, 7) is 0.787. The second-order valence-electron chi connectivity index (χ2n) is 4.28. The lowest BCUT2D eigenvalue weighted by atomic mass is 10.2. The summed E-state index contributed by atoms with van der Waals surface area (Å²) < 4.78 is 17.4. The van der Waals surface area contributed by atoms with Crippen molar-refractivity contribution in [2.24, 2.45) is 0 Å². The number of fused-ring (bicyclic) bond motifs is 1. The summed E-state index contributed by atoms with van der Waals surface area (Å²) in [5.41, 5.74) is -0.155. The van der Waals surface area contributed by atoms with Gasteiger partial charge in [-0.15, -0.1) is 0 Å². The predicted octanol–water partition coefficient (Wildman–Crippen LogP) is 3.76. The van der Waals surface area contributed by atoms with Crippen LogP contribution >= 0.6 is 22.6 Å². The molecular formula is C14H10INO5. The molecule has 1 aliphatic heterocycles. The summed E-state index contributed by atoms with van der Waals surface area (Å²) in [6, 6.07) is 10.0. The van der Waals surface area contributed by atoms with Gasteiger partial charge in [-0.25, -0.2) is 0 Å². The second-order valence-corrected chi connectivity index (χ2v) is 5.52. The zero-order valence-electron chi connectivity index (χ0n) is 10.7. The molecule has 0 fully saturated rings. The van der Waals surface area contributed by atoms with E-state index in [1.54, 1.807) is 12.1 Å². The van der Waals surface area contributed by atoms with Crippen LogP contribution in [0.3, 0.4) is 0 Å². The van der Waals surface area contributed by atoms with Gasteiger partial charge in [0.15, 0.2) is 11.5 Å². The van der Waals surface area contributed by atoms with Gasteiger partial charge in [-0.1, -0.05) is 0 Å². The Hall–Kier alpha value is -2.03. The Morgan fingerprint density at radius 1 is 1.10 bits per heavy atom. The standard InChI is InChI=1S/C14H10INO5/c15-9-1-3-10(4-2-9)21-12-8-14-13(19-5-6-20-14)7-11(12)16(17)18/h1-4,7-8H,5-6H2. The van der Waals surface area contributed by atoms with Crippen LogP contribution in [0.5, 0.6) is 23.0 Å². The zero-order chi connectivity index (χ0) is 14.8. The largest absolute Gasteiger partial charge is 0.486 e. The third-order valence-electron chi connectivity index (χ3n) is 2.86. The minimum atomic E-state index is -0.500. The van der Waals surface area contributed by atoms with Crippen molar-refractivity contribution in [1.29, 1.82) is 0 Å². The highest BCUT2D eigenvalue weighted by molar-refractivity contribution is 14.1. The number of nitro groups is 1. The van der Waals surface area contributed by atoms with Crippen molar-refractivity contribution in [3.63, 3.8) is 0 Å². The van der Waals surface area contributed by atoms with Crippen LogP contribution in [0.25, 0.3) is 0 Å².